The summed E-state index contributed by atoms with van der Waals surface area (Å²) in [6, 6.07) is 0.330. The summed E-state index contributed by atoms with van der Waals surface area (Å²) in [7, 11) is 1.73. The maximum Gasteiger partial charge on any atom is 0.223 e. The van der Waals surface area contributed by atoms with Gasteiger partial charge in [0.1, 0.15) is 0 Å². The lowest BCUT2D eigenvalue weighted by atomic mass is 9.87. The van der Waals surface area contributed by atoms with Gasteiger partial charge in [0.05, 0.1) is 6.10 Å². The molecule has 4 heteroatoms. The molecule has 16 heavy (non-hydrogen) atoms. The van der Waals surface area contributed by atoms with Crippen molar-refractivity contribution in [2.45, 2.75) is 44.2 Å². The first kappa shape index (κ1) is 11.9. The average molecular weight is 226 g/mol. The normalized spacial score (nSPS) is 38.1. The zero-order valence-corrected chi connectivity index (χ0v) is 9.95. The Morgan fingerprint density at radius 1 is 1.44 bits per heavy atom. The zero-order chi connectivity index (χ0) is 11.5. The van der Waals surface area contributed by atoms with Gasteiger partial charge in [-0.05, 0) is 38.1 Å². The molecule has 2 saturated carbocycles. The van der Waals surface area contributed by atoms with Crippen LogP contribution in [0.1, 0.15) is 32.1 Å². The minimum absolute atomic E-state index is 0.159. The Balaban J connectivity index is 1.76. The zero-order valence-electron chi connectivity index (χ0n) is 9.95. The topological polar surface area (TPSA) is 64.3 Å². The number of hydrogen-bond acceptors (Lipinski definition) is 3. The molecule has 1 amide bonds. The number of ether oxygens (including phenoxy) is 1. The third-order valence-corrected chi connectivity index (χ3v) is 4.07. The average Bonchev–Trinajstić information content (AvgIpc) is 2.70. The summed E-state index contributed by atoms with van der Waals surface area (Å²) in [4.78, 5) is 12.0. The van der Waals surface area contributed by atoms with Gasteiger partial charge in [-0.15, -0.1) is 0 Å². The van der Waals surface area contributed by atoms with E-state index < -0.39 is 0 Å². The fraction of sp³-hybridized carbons (Fsp3) is 0.917. The van der Waals surface area contributed by atoms with Gasteiger partial charge in [0.25, 0.3) is 0 Å². The number of hydrogen-bond donors (Lipinski definition) is 2. The number of carbonyl (C=O) groups excluding carboxylic acids is 1. The SMILES string of the molecule is COC1CC(NC(=O)C2CCCC2CN)C1. The summed E-state index contributed by atoms with van der Waals surface area (Å²) in [6.07, 6.45) is 5.53. The molecule has 0 radical (unpaired) electrons. The van der Waals surface area contributed by atoms with Gasteiger partial charge < -0.3 is 15.8 Å². The third kappa shape index (κ3) is 2.38. The van der Waals surface area contributed by atoms with Gasteiger partial charge in [-0.3, -0.25) is 4.79 Å². The molecule has 2 atom stereocenters. The summed E-state index contributed by atoms with van der Waals surface area (Å²) in [6.45, 7) is 0.642. The van der Waals surface area contributed by atoms with Gasteiger partial charge in [0, 0.05) is 19.1 Å². The molecule has 2 aliphatic rings. The van der Waals surface area contributed by atoms with Gasteiger partial charge in [-0.2, -0.15) is 0 Å². The van der Waals surface area contributed by atoms with Crippen LogP contribution in [0.25, 0.3) is 0 Å². The first-order valence-electron chi connectivity index (χ1n) is 6.27. The van der Waals surface area contributed by atoms with Crippen molar-refractivity contribution in [1.82, 2.24) is 5.32 Å². The second-order valence-corrected chi connectivity index (χ2v) is 5.07. The minimum atomic E-state index is 0.159. The maximum atomic E-state index is 12.0. The molecule has 2 rings (SSSR count). The van der Waals surface area contributed by atoms with Crippen molar-refractivity contribution in [3.05, 3.63) is 0 Å². The molecule has 0 aromatic carbocycles. The number of methoxy groups -OCH3 is 1. The molecule has 0 heterocycles. The maximum absolute atomic E-state index is 12.0. The van der Waals surface area contributed by atoms with E-state index in [2.05, 4.69) is 5.32 Å². The van der Waals surface area contributed by atoms with Crippen LogP contribution in [0.3, 0.4) is 0 Å². The molecule has 0 aromatic rings. The largest absolute Gasteiger partial charge is 0.381 e. The lowest BCUT2D eigenvalue weighted by molar-refractivity contribution is -0.128. The molecule has 0 aromatic heterocycles. The number of nitrogens with one attached hydrogen (secondary N) is 1. The highest BCUT2D eigenvalue weighted by Crippen LogP contribution is 2.32. The molecule has 3 N–H and O–H groups in total. The Kier molecular flexibility index (Phi) is 3.82. The first-order valence-corrected chi connectivity index (χ1v) is 6.27. The summed E-state index contributed by atoms with van der Waals surface area (Å²) in [5.74, 6) is 0.775. The van der Waals surface area contributed by atoms with Crippen LogP contribution in [0.4, 0.5) is 0 Å². The van der Waals surface area contributed by atoms with Crippen LogP contribution in [0.5, 0.6) is 0 Å². The van der Waals surface area contributed by atoms with Gasteiger partial charge >= 0.3 is 0 Å². The second kappa shape index (κ2) is 5.15. The highest BCUT2D eigenvalue weighted by atomic mass is 16.5. The second-order valence-electron chi connectivity index (χ2n) is 5.07. The first-order chi connectivity index (χ1) is 7.74. The standard InChI is InChI=1S/C12H22N2O2/c1-16-10-5-9(6-10)14-12(15)11-4-2-3-8(11)7-13/h8-11H,2-7,13H2,1H3,(H,14,15). The van der Waals surface area contributed by atoms with Crippen LogP contribution in [-0.2, 0) is 9.53 Å². The van der Waals surface area contributed by atoms with Crippen molar-refractivity contribution >= 4 is 5.91 Å². The van der Waals surface area contributed by atoms with Crippen LogP contribution < -0.4 is 11.1 Å². The number of carbonyl (C=O) groups is 1. The van der Waals surface area contributed by atoms with Crippen LogP contribution in [0, 0.1) is 11.8 Å². The molecule has 4 nitrogen and oxygen atoms in total. The van der Waals surface area contributed by atoms with E-state index in [9.17, 15) is 4.79 Å². The fourth-order valence-corrected chi connectivity index (χ4v) is 2.85. The van der Waals surface area contributed by atoms with Crippen molar-refractivity contribution in [3.8, 4) is 0 Å². The molecular formula is C12H22N2O2. The molecule has 92 valence electrons. The molecule has 0 spiro atoms. The molecule has 0 bridgehead atoms. The minimum Gasteiger partial charge on any atom is -0.381 e. The van der Waals surface area contributed by atoms with E-state index in [0.29, 0.717) is 24.6 Å². The van der Waals surface area contributed by atoms with Crippen LogP contribution in [0.2, 0.25) is 0 Å². The van der Waals surface area contributed by atoms with Crippen LogP contribution in [-0.4, -0.2) is 31.7 Å². The number of amides is 1. The van der Waals surface area contributed by atoms with Crippen molar-refractivity contribution in [3.63, 3.8) is 0 Å². The van der Waals surface area contributed by atoms with E-state index in [0.717, 1.165) is 32.1 Å². The Morgan fingerprint density at radius 2 is 2.19 bits per heavy atom. The van der Waals surface area contributed by atoms with Gasteiger partial charge in [0.2, 0.25) is 5.91 Å². The monoisotopic (exact) mass is 226 g/mol. The van der Waals surface area contributed by atoms with E-state index in [-0.39, 0.29) is 11.8 Å². The van der Waals surface area contributed by atoms with Crippen molar-refractivity contribution in [2.24, 2.45) is 17.6 Å². The molecule has 2 fully saturated rings. The summed E-state index contributed by atoms with van der Waals surface area (Å²) >= 11 is 0. The number of rotatable bonds is 4. The predicted molar refractivity (Wildman–Crippen MR) is 61.8 cm³/mol. The number of nitrogens with two attached hydrogens (primary N) is 1. The Bertz CT molecular complexity index is 251. The van der Waals surface area contributed by atoms with Gasteiger partial charge in [-0.1, -0.05) is 6.42 Å². The molecule has 2 unspecified atom stereocenters. The van der Waals surface area contributed by atoms with Crippen molar-refractivity contribution < 1.29 is 9.53 Å². The van der Waals surface area contributed by atoms with E-state index in [1.54, 1.807) is 7.11 Å². The van der Waals surface area contributed by atoms with E-state index in [1.165, 1.54) is 0 Å². The Morgan fingerprint density at radius 3 is 2.81 bits per heavy atom. The quantitative estimate of drug-likeness (QED) is 0.740. The smallest absolute Gasteiger partial charge is 0.223 e. The van der Waals surface area contributed by atoms with E-state index in [1.807, 2.05) is 0 Å². The van der Waals surface area contributed by atoms with E-state index in [4.69, 9.17) is 10.5 Å². The third-order valence-electron chi connectivity index (χ3n) is 4.07. The highest BCUT2D eigenvalue weighted by molar-refractivity contribution is 5.79. The van der Waals surface area contributed by atoms with Crippen molar-refractivity contribution in [1.29, 1.82) is 0 Å². The van der Waals surface area contributed by atoms with E-state index >= 15 is 0 Å². The fourth-order valence-electron chi connectivity index (χ4n) is 2.85. The molecule has 2 aliphatic carbocycles. The van der Waals surface area contributed by atoms with Crippen LogP contribution >= 0.6 is 0 Å². The highest BCUT2D eigenvalue weighted by Gasteiger charge is 2.36. The summed E-state index contributed by atoms with van der Waals surface area (Å²) < 4.78 is 5.19. The summed E-state index contributed by atoms with van der Waals surface area (Å²) in [5.41, 5.74) is 5.68. The van der Waals surface area contributed by atoms with Gasteiger partial charge in [-0.25, -0.2) is 0 Å². The Hall–Kier alpha value is -0.610. The molecular weight excluding hydrogens is 204 g/mol. The molecule has 0 saturated heterocycles. The predicted octanol–water partition coefficient (Wildman–Crippen LogP) is 0.655. The Labute approximate surface area is 96.9 Å². The lowest BCUT2D eigenvalue weighted by Crippen LogP contribution is -2.49. The van der Waals surface area contributed by atoms with Gasteiger partial charge in [0.15, 0.2) is 0 Å². The lowest BCUT2D eigenvalue weighted by Gasteiger charge is -2.35. The molecule has 0 aliphatic heterocycles. The van der Waals surface area contributed by atoms with Crippen molar-refractivity contribution in [2.75, 3.05) is 13.7 Å². The summed E-state index contributed by atoms with van der Waals surface area (Å²) in [5, 5.41) is 3.11. The van der Waals surface area contributed by atoms with Crippen LogP contribution in [0.15, 0.2) is 0 Å².